The smallest absolute Gasteiger partial charge is 0.196 e. The van der Waals surface area contributed by atoms with Gasteiger partial charge >= 0.3 is 0 Å². The van der Waals surface area contributed by atoms with Gasteiger partial charge in [-0.05, 0) is 110 Å². The third-order valence-electron chi connectivity index (χ3n) is 15.4. The minimum absolute atomic E-state index is 0.264. The number of fused-ring (bicyclic) bond motifs is 12. The molecule has 0 unspecified atom stereocenters. The van der Waals surface area contributed by atoms with Gasteiger partial charge in [0.25, 0.3) is 0 Å². The summed E-state index contributed by atoms with van der Waals surface area (Å²) in [6, 6.07) is 17.2. The highest BCUT2D eigenvalue weighted by Crippen LogP contribution is 2.68. The third-order valence-corrected chi connectivity index (χ3v) is 21.3. The number of benzene rings is 2. The minimum Gasteiger partial charge on any atom is -0.307 e. The average molecular weight is 748 g/mol. The van der Waals surface area contributed by atoms with Gasteiger partial charge in [0, 0.05) is 30.8 Å². The van der Waals surface area contributed by atoms with Crippen LogP contribution in [-0.4, -0.2) is 15.0 Å². The van der Waals surface area contributed by atoms with Crippen molar-refractivity contribution < 1.29 is 4.57 Å². The molecule has 0 saturated heterocycles. The van der Waals surface area contributed by atoms with Crippen molar-refractivity contribution in [3.05, 3.63) is 66.4 Å². The summed E-state index contributed by atoms with van der Waals surface area (Å²) in [5, 5.41) is 13.9. The fraction of sp³-hybridized carbons (Fsp3) is 0.556. The van der Waals surface area contributed by atoms with Gasteiger partial charge in [-0.1, -0.05) is 107 Å². The second kappa shape index (κ2) is 12.2. The van der Waals surface area contributed by atoms with Gasteiger partial charge in [-0.15, -0.1) is 27.8 Å². The topological polar surface area (TPSA) is 47.8 Å². The summed E-state index contributed by atoms with van der Waals surface area (Å²) < 4.78 is 20.4. The number of allylic oxidation sites excluding steroid dienone is 2. The van der Waals surface area contributed by atoms with Crippen molar-refractivity contribution in [3.8, 4) is 9.75 Å². The maximum Gasteiger partial charge on any atom is 0.196 e. The Morgan fingerprint density at radius 2 is 1.56 bits per heavy atom. The van der Waals surface area contributed by atoms with Crippen LogP contribution in [-0.2, 0) is 4.57 Å². The predicted octanol–water partition coefficient (Wildman–Crippen LogP) is 11.9. The van der Waals surface area contributed by atoms with Crippen molar-refractivity contribution in [1.82, 2.24) is 15.0 Å². The van der Waals surface area contributed by atoms with Crippen molar-refractivity contribution >= 4 is 66.0 Å². The molecule has 10 rings (SSSR count). The lowest BCUT2D eigenvalue weighted by atomic mass is 9.47. The van der Waals surface area contributed by atoms with Crippen LogP contribution in [0.3, 0.4) is 0 Å². The fourth-order valence-corrected chi connectivity index (χ4v) is 19.5. The van der Waals surface area contributed by atoms with Gasteiger partial charge in [0.15, 0.2) is 12.6 Å². The van der Waals surface area contributed by atoms with Crippen molar-refractivity contribution in [1.29, 1.82) is 0 Å². The quantitative estimate of drug-likeness (QED) is 0.121. The molecule has 8 atom stereocenters. The minimum atomic E-state index is -3.22. The van der Waals surface area contributed by atoms with Crippen LogP contribution in [0.2, 0.25) is 0 Å². The molecule has 2 aromatic carbocycles. The van der Waals surface area contributed by atoms with Crippen molar-refractivity contribution in [2.45, 2.75) is 111 Å². The van der Waals surface area contributed by atoms with Crippen molar-refractivity contribution in [2.24, 2.45) is 46.3 Å². The second-order valence-corrected chi connectivity index (χ2v) is 23.1. The second-order valence-electron chi connectivity index (χ2n) is 18.4. The Morgan fingerprint density at radius 3 is 2.25 bits per heavy atom. The molecular formula is C45H54N3OPS2. The number of rotatable bonds is 7. The van der Waals surface area contributed by atoms with Crippen molar-refractivity contribution in [2.75, 3.05) is 0 Å². The summed E-state index contributed by atoms with van der Waals surface area (Å²) in [7, 11) is -3.22. The van der Waals surface area contributed by atoms with Gasteiger partial charge in [-0.3, -0.25) is 0 Å². The molecule has 0 spiro atoms. The molecule has 52 heavy (non-hydrogen) atoms. The van der Waals surface area contributed by atoms with Gasteiger partial charge < -0.3 is 4.57 Å². The Bertz CT molecular complexity index is 2190. The summed E-state index contributed by atoms with van der Waals surface area (Å²) in [5.41, 5.74) is 3.14. The molecule has 3 saturated carbocycles. The van der Waals surface area contributed by atoms with Gasteiger partial charge in [-0.25, -0.2) is 4.68 Å². The molecule has 5 aromatic rings. The van der Waals surface area contributed by atoms with E-state index < -0.39 is 7.14 Å². The van der Waals surface area contributed by atoms with E-state index >= 15 is 4.57 Å². The molecule has 3 fully saturated rings. The Hall–Kier alpha value is -2.53. The molecular weight excluding hydrogens is 694 g/mol. The Labute approximate surface area is 317 Å². The Kier molecular flexibility index (Phi) is 8.00. The van der Waals surface area contributed by atoms with Crippen LogP contribution in [0, 0.1) is 46.3 Å². The fourth-order valence-electron chi connectivity index (χ4n) is 12.8. The van der Waals surface area contributed by atoms with Crippen LogP contribution in [0.4, 0.5) is 0 Å². The van der Waals surface area contributed by atoms with Gasteiger partial charge in [0.2, 0.25) is 0 Å². The molecule has 7 heteroatoms. The highest BCUT2D eigenvalue weighted by molar-refractivity contribution is 7.88. The van der Waals surface area contributed by atoms with E-state index in [1.54, 1.807) is 28.2 Å². The molecule has 0 radical (unpaired) electrons. The first-order chi connectivity index (χ1) is 25.1. The van der Waals surface area contributed by atoms with Crippen LogP contribution in [0.1, 0.15) is 111 Å². The number of nitrogens with zero attached hydrogens (tertiary/aromatic N) is 3. The number of thiophene rings is 2. The first kappa shape index (κ1) is 34.0. The van der Waals surface area contributed by atoms with E-state index in [4.69, 9.17) is 10.3 Å². The lowest BCUT2D eigenvalue weighted by Gasteiger charge is -2.58. The van der Waals surface area contributed by atoms with E-state index in [0.29, 0.717) is 16.3 Å². The van der Waals surface area contributed by atoms with E-state index in [0.717, 1.165) is 69.7 Å². The van der Waals surface area contributed by atoms with Crippen LogP contribution in [0.15, 0.2) is 66.4 Å². The van der Waals surface area contributed by atoms with E-state index in [1.807, 2.05) is 0 Å². The Morgan fingerprint density at radius 1 is 0.865 bits per heavy atom. The van der Waals surface area contributed by atoms with Gasteiger partial charge in [0.1, 0.15) is 0 Å². The largest absolute Gasteiger partial charge is 0.307 e. The van der Waals surface area contributed by atoms with E-state index in [-0.39, 0.29) is 6.04 Å². The van der Waals surface area contributed by atoms with Crippen molar-refractivity contribution in [3.63, 3.8) is 0 Å². The highest BCUT2D eigenvalue weighted by Gasteiger charge is 2.59. The predicted molar refractivity (Wildman–Crippen MR) is 221 cm³/mol. The van der Waals surface area contributed by atoms with E-state index in [9.17, 15) is 0 Å². The van der Waals surface area contributed by atoms with Crippen LogP contribution in [0.5, 0.6) is 0 Å². The van der Waals surface area contributed by atoms with Gasteiger partial charge in [0.05, 0.1) is 22.0 Å². The van der Waals surface area contributed by atoms with Crippen LogP contribution >= 0.6 is 29.8 Å². The SMILES string of the molecule is CC(C)CCC[C@@H](C)[C@H]1CC[C@H]2[C@@H]3CC=C4C[C@@H](n5cc(P6(=O)c7c(sc8ccccc78)-c7sc8ccccc8c76)nn5)CC[C@]4(C)[C@H]3CC[C@]12C. The third kappa shape index (κ3) is 4.78. The molecule has 4 heterocycles. The summed E-state index contributed by atoms with van der Waals surface area (Å²) in [6.07, 6.45) is 19.3. The molecule has 0 bridgehead atoms. The summed E-state index contributed by atoms with van der Waals surface area (Å²) in [5.74, 6) is 5.11. The summed E-state index contributed by atoms with van der Waals surface area (Å²) in [4.78, 5) is 2.34. The molecule has 272 valence electrons. The maximum atomic E-state index is 15.9. The van der Waals surface area contributed by atoms with E-state index in [2.05, 4.69) is 100 Å². The summed E-state index contributed by atoms with van der Waals surface area (Å²) >= 11 is 3.57. The first-order valence-corrected chi connectivity index (χ1v) is 23.7. The van der Waals surface area contributed by atoms with E-state index in [1.165, 1.54) is 76.9 Å². The molecule has 1 aliphatic heterocycles. The number of hydrogen-bond donors (Lipinski definition) is 0. The monoisotopic (exact) mass is 747 g/mol. The first-order valence-electron chi connectivity index (χ1n) is 20.4. The number of aromatic nitrogens is 3. The average Bonchev–Trinajstić information content (AvgIpc) is 3.95. The zero-order chi connectivity index (χ0) is 35.6. The molecule has 4 nitrogen and oxygen atoms in total. The molecule has 3 aromatic heterocycles. The lowest BCUT2D eigenvalue weighted by molar-refractivity contribution is -0.0525. The standard InChI is InChI=1S/C45H54N3OPS2/c1-27(2)11-10-12-28(3)34-19-20-35-31-18-17-29-25-30(21-23-44(29,4)36(31)22-24-45(34,35)5)48-26-39(46-47-48)50(49)40-32-13-6-8-15-37(32)51-42(40)43-41(50)33-14-7-9-16-38(33)52-43/h6-9,13-17,26-28,30-31,34-36H,10-12,18-25H2,1-5H3/t28-,30+,31+,34-,35+,36+,44+,45-/m1/s1. The molecule has 0 N–H and O–H groups in total. The zero-order valence-corrected chi connectivity index (χ0v) is 34.1. The van der Waals surface area contributed by atoms with Crippen LogP contribution in [0.25, 0.3) is 29.9 Å². The molecule has 0 amide bonds. The molecule has 4 aliphatic carbocycles. The zero-order valence-electron chi connectivity index (χ0n) is 31.6. The maximum absolute atomic E-state index is 15.9. The lowest BCUT2D eigenvalue weighted by Crippen LogP contribution is -2.50. The van der Waals surface area contributed by atoms with Gasteiger partial charge in [-0.2, -0.15) is 0 Å². The summed E-state index contributed by atoms with van der Waals surface area (Å²) in [6.45, 7) is 12.7. The molecule has 5 aliphatic rings. The van der Waals surface area contributed by atoms with Crippen LogP contribution < -0.4 is 16.0 Å². The Balaban J connectivity index is 0.930. The highest BCUT2D eigenvalue weighted by atomic mass is 32.1. The number of hydrogen-bond acceptors (Lipinski definition) is 5. The normalized spacial score (nSPS) is 32.3.